The Morgan fingerprint density at radius 2 is 1.86 bits per heavy atom. The van der Waals surface area contributed by atoms with Crippen molar-refractivity contribution in [3.8, 4) is 11.4 Å². The highest BCUT2D eigenvalue weighted by molar-refractivity contribution is 7.18. The number of nitrogens with two attached hydrogens (primary N) is 1. The number of aryl methyl sites for hydroxylation is 1. The Bertz CT molecular complexity index is 796. The zero-order valence-electron chi connectivity index (χ0n) is 11.2. The van der Waals surface area contributed by atoms with Crippen LogP contribution in [0.5, 0.6) is 0 Å². The number of benzene rings is 1. The summed E-state index contributed by atoms with van der Waals surface area (Å²) in [4.78, 5) is 10.5. The van der Waals surface area contributed by atoms with E-state index in [9.17, 15) is 8.78 Å². The van der Waals surface area contributed by atoms with Gasteiger partial charge in [-0.2, -0.15) is 0 Å². The van der Waals surface area contributed by atoms with Crippen LogP contribution in [0.2, 0.25) is 0 Å². The summed E-state index contributed by atoms with van der Waals surface area (Å²) in [5.41, 5.74) is 2.79. The van der Waals surface area contributed by atoms with Crippen molar-refractivity contribution < 1.29 is 8.78 Å². The lowest BCUT2D eigenvalue weighted by molar-refractivity contribution is 0.584. The van der Waals surface area contributed by atoms with Crippen molar-refractivity contribution in [2.24, 2.45) is 5.84 Å². The standard InChI is InChI=1S/C14H12F2N4S/c1-2-10-6-11-13(20-17)18-12(19-14(11)21-10)7-3-8(15)5-9(16)4-7/h3-6H,2,17H2,1H3,(H,18,19,20). The Labute approximate surface area is 123 Å². The maximum atomic E-state index is 13.3. The molecular weight excluding hydrogens is 294 g/mol. The van der Waals surface area contributed by atoms with Crippen molar-refractivity contribution in [2.45, 2.75) is 13.3 Å². The lowest BCUT2D eigenvalue weighted by Gasteiger charge is -2.05. The molecule has 3 N–H and O–H groups in total. The van der Waals surface area contributed by atoms with E-state index in [0.29, 0.717) is 5.82 Å². The smallest absolute Gasteiger partial charge is 0.163 e. The fourth-order valence-electron chi connectivity index (χ4n) is 2.07. The van der Waals surface area contributed by atoms with E-state index in [1.54, 1.807) is 0 Å². The summed E-state index contributed by atoms with van der Waals surface area (Å²) >= 11 is 1.51. The molecule has 0 bridgehead atoms. The number of rotatable bonds is 3. The molecule has 21 heavy (non-hydrogen) atoms. The Kier molecular flexibility index (Phi) is 3.52. The quantitative estimate of drug-likeness (QED) is 0.574. The summed E-state index contributed by atoms with van der Waals surface area (Å²) in [6.45, 7) is 2.04. The minimum absolute atomic E-state index is 0.235. The first-order chi connectivity index (χ1) is 10.1. The SMILES string of the molecule is CCc1cc2c(NN)nc(-c3cc(F)cc(F)c3)nc2s1. The predicted octanol–water partition coefficient (Wildman–Crippen LogP) is 3.48. The number of hydrogen-bond donors (Lipinski definition) is 2. The number of fused-ring (bicyclic) bond motifs is 1. The number of anilines is 1. The number of thiophene rings is 1. The largest absolute Gasteiger partial charge is 0.308 e. The molecule has 7 heteroatoms. The van der Waals surface area contributed by atoms with E-state index in [0.717, 1.165) is 27.6 Å². The molecule has 0 unspecified atom stereocenters. The minimum atomic E-state index is -0.670. The van der Waals surface area contributed by atoms with E-state index < -0.39 is 11.6 Å². The van der Waals surface area contributed by atoms with E-state index in [4.69, 9.17) is 5.84 Å². The van der Waals surface area contributed by atoms with Gasteiger partial charge in [0.15, 0.2) is 11.6 Å². The van der Waals surface area contributed by atoms with E-state index in [-0.39, 0.29) is 11.4 Å². The van der Waals surface area contributed by atoms with Gasteiger partial charge in [0.1, 0.15) is 16.5 Å². The van der Waals surface area contributed by atoms with Crippen LogP contribution in [0, 0.1) is 11.6 Å². The molecule has 2 aromatic heterocycles. The second-order valence-electron chi connectivity index (χ2n) is 4.48. The Morgan fingerprint density at radius 3 is 2.48 bits per heavy atom. The van der Waals surface area contributed by atoms with Crippen molar-refractivity contribution in [2.75, 3.05) is 5.43 Å². The summed E-state index contributed by atoms with van der Waals surface area (Å²) in [7, 11) is 0. The van der Waals surface area contributed by atoms with Crippen LogP contribution in [0.1, 0.15) is 11.8 Å². The van der Waals surface area contributed by atoms with Gasteiger partial charge in [0.2, 0.25) is 0 Å². The molecule has 3 aromatic rings. The minimum Gasteiger partial charge on any atom is -0.308 e. The van der Waals surface area contributed by atoms with Gasteiger partial charge in [-0.25, -0.2) is 24.6 Å². The maximum absolute atomic E-state index is 13.3. The molecule has 108 valence electrons. The number of aromatic nitrogens is 2. The average Bonchev–Trinajstić information content (AvgIpc) is 2.88. The third kappa shape index (κ3) is 2.57. The van der Waals surface area contributed by atoms with E-state index >= 15 is 0 Å². The van der Waals surface area contributed by atoms with Gasteiger partial charge in [0, 0.05) is 16.5 Å². The van der Waals surface area contributed by atoms with Gasteiger partial charge in [-0.05, 0) is 24.6 Å². The van der Waals surface area contributed by atoms with Gasteiger partial charge in [0.05, 0.1) is 5.39 Å². The molecule has 0 atom stereocenters. The summed E-state index contributed by atoms with van der Waals surface area (Å²) in [6.07, 6.45) is 0.870. The van der Waals surface area contributed by atoms with Gasteiger partial charge in [0.25, 0.3) is 0 Å². The van der Waals surface area contributed by atoms with Crippen molar-refractivity contribution in [3.05, 3.63) is 40.8 Å². The maximum Gasteiger partial charge on any atom is 0.163 e. The van der Waals surface area contributed by atoms with Crippen LogP contribution in [-0.4, -0.2) is 9.97 Å². The fraction of sp³-hybridized carbons (Fsp3) is 0.143. The Morgan fingerprint density at radius 1 is 1.14 bits per heavy atom. The number of nitrogens with zero attached hydrogens (tertiary/aromatic N) is 2. The number of hydrazine groups is 1. The highest BCUT2D eigenvalue weighted by Crippen LogP contribution is 2.31. The molecule has 0 aliphatic heterocycles. The molecule has 0 aliphatic carbocycles. The molecule has 3 rings (SSSR count). The van der Waals surface area contributed by atoms with Crippen molar-refractivity contribution in [1.82, 2.24) is 9.97 Å². The summed E-state index contributed by atoms with van der Waals surface area (Å²) in [5, 5.41) is 0.806. The average molecular weight is 306 g/mol. The van der Waals surface area contributed by atoms with E-state index in [1.807, 2.05) is 13.0 Å². The van der Waals surface area contributed by atoms with Crippen LogP contribution in [0.15, 0.2) is 24.3 Å². The third-order valence-electron chi connectivity index (χ3n) is 3.05. The number of nitrogen functional groups attached to an aromatic ring is 1. The fourth-order valence-corrected chi connectivity index (χ4v) is 3.03. The van der Waals surface area contributed by atoms with Crippen LogP contribution in [0.4, 0.5) is 14.6 Å². The van der Waals surface area contributed by atoms with Crippen molar-refractivity contribution in [3.63, 3.8) is 0 Å². The number of hydrogen-bond acceptors (Lipinski definition) is 5. The lowest BCUT2D eigenvalue weighted by Crippen LogP contribution is -2.09. The molecular formula is C14H12F2N4S. The van der Waals surface area contributed by atoms with Crippen molar-refractivity contribution >= 4 is 27.4 Å². The van der Waals surface area contributed by atoms with Crippen LogP contribution in [0.25, 0.3) is 21.6 Å². The van der Waals surface area contributed by atoms with Gasteiger partial charge in [-0.1, -0.05) is 6.92 Å². The molecule has 0 aliphatic rings. The molecule has 0 radical (unpaired) electrons. The second-order valence-corrected chi connectivity index (χ2v) is 5.60. The van der Waals surface area contributed by atoms with Crippen LogP contribution >= 0.6 is 11.3 Å². The first-order valence-corrected chi connectivity index (χ1v) is 7.16. The molecule has 0 saturated carbocycles. The molecule has 0 saturated heterocycles. The number of nitrogens with one attached hydrogen (secondary N) is 1. The van der Waals surface area contributed by atoms with Gasteiger partial charge in [-0.15, -0.1) is 11.3 Å². The summed E-state index contributed by atoms with van der Waals surface area (Å²) in [5.74, 6) is 4.82. The highest BCUT2D eigenvalue weighted by Gasteiger charge is 2.13. The van der Waals surface area contributed by atoms with Crippen LogP contribution in [0.3, 0.4) is 0 Å². The molecule has 4 nitrogen and oxygen atoms in total. The molecule has 1 aromatic carbocycles. The lowest BCUT2D eigenvalue weighted by atomic mass is 10.2. The molecule has 2 heterocycles. The molecule has 0 fully saturated rings. The summed E-state index contributed by atoms with van der Waals surface area (Å²) in [6, 6.07) is 5.16. The zero-order chi connectivity index (χ0) is 15.0. The predicted molar refractivity (Wildman–Crippen MR) is 80.0 cm³/mol. The monoisotopic (exact) mass is 306 g/mol. The Hall–Kier alpha value is -2.12. The number of halogens is 2. The Balaban J connectivity index is 2.22. The molecule has 0 spiro atoms. The topological polar surface area (TPSA) is 63.8 Å². The van der Waals surface area contributed by atoms with Crippen LogP contribution in [-0.2, 0) is 6.42 Å². The van der Waals surface area contributed by atoms with Gasteiger partial charge >= 0.3 is 0 Å². The van der Waals surface area contributed by atoms with Crippen molar-refractivity contribution in [1.29, 1.82) is 0 Å². The van der Waals surface area contributed by atoms with E-state index in [1.165, 1.54) is 23.5 Å². The normalized spacial score (nSPS) is 11.0. The summed E-state index contributed by atoms with van der Waals surface area (Å²) < 4.78 is 26.7. The highest BCUT2D eigenvalue weighted by atomic mass is 32.1. The van der Waals surface area contributed by atoms with Gasteiger partial charge in [-0.3, -0.25) is 0 Å². The second kappa shape index (κ2) is 5.34. The first-order valence-electron chi connectivity index (χ1n) is 6.34. The molecule has 0 amide bonds. The first kappa shape index (κ1) is 13.8. The zero-order valence-corrected chi connectivity index (χ0v) is 12.0. The van der Waals surface area contributed by atoms with Gasteiger partial charge < -0.3 is 5.43 Å². The van der Waals surface area contributed by atoms with Crippen LogP contribution < -0.4 is 11.3 Å². The third-order valence-corrected chi connectivity index (χ3v) is 4.22. The van der Waals surface area contributed by atoms with E-state index in [2.05, 4.69) is 15.4 Å².